The Morgan fingerprint density at radius 3 is 2.41 bits per heavy atom. The molecule has 4 amide bonds. The normalized spacial score (nSPS) is 10.3. The van der Waals surface area contributed by atoms with Gasteiger partial charge in [0.05, 0.1) is 25.8 Å². The lowest BCUT2D eigenvalue weighted by molar-refractivity contribution is -0.129. The third-order valence-corrected chi connectivity index (χ3v) is 3.97. The van der Waals surface area contributed by atoms with Gasteiger partial charge in [-0.05, 0) is 23.8 Å². The van der Waals surface area contributed by atoms with Crippen molar-refractivity contribution in [3.8, 4) is 0 Å². The SMILES string of the molecule is O=C(CNC(=O)c1ccco1)NCC(=O)NNC(=O)Cc1c[nH]c2ccccc12. The number of fused-ring (bicyclic) bond motifs is 1. The Labute approximate surface area is 165 Å². The van der Waals surface area contributed by atoms with Gasteiger partial charge in [-0.1, -0.05) is 18.2 Å². The van der Waals surface area contributed by atoms with Crippen molar-refractivity contribution in [2.75, 3.05) is 13.1 Å². The van der Waals surface area contributed by atoms with Crippen LogP contribution in [0.15, 0.2) is 53.3 Å². The predicted molar refractivity (Wildman–Crippen MR) is 102 cm³/mol. The number of carbonyl (C=O) groups is 4. The van der Waals surface area contributed by atoms with Crippen molar-refractivity contribution in [2.24, 2.45) is 0 Å². The number of carbonyl (C=O) groups excluding carboxylic acids is 4. The number of aromatic nitrogens is 1. The van der Waals surface area contributed by atoms with Crippen LogP contribution >= 0.6 is 0 Å². The molecule has 0 saturated carbocycles. The van der Waals surface area contributed by atoms with Crippen molar-refractivity contribution in [1.29, 1.82) is 0 Å². The minimum atomic E-state index is -0.608. The van der Waals surface area contributed by atoms with E-state index in [1.807, 2.05) is 24.3 Å². The first-order valence-electron chi connectivity index (χ1n) is 8.74. The number of amides is 4. The third-order valence-electron chi connectivity index (χ3n) is 3.97. The van der Waals surface area contributed by atoms with E-state index in [2.05, 4.69) is 26.5 Å². The van der Waals surface area contributed by atoms with Crippen LogP contribution in [0, 0.1) is 0 Å². The molecule has 1 aromatic carbocycles. The molecule has 0 unspecified atom stereocenters. The fourth-order valence-corrected chi connectivity index (χ4v) is 2.58. The van der Waals surface area contributed by atoms with Crippen molar-refractivity contribution < 1.29 is 23.6 Å². The van der Waals surface area contributed by atoms with Crippen molar-refractivity contribution in [3.63, 3.8) is 0 Å². The fraction of sp³-hybridized carbons (Fsp3) is 0.158. The molecule has 2 aromatic heterocycles. The average molecular weight is 397 g/mol. The molecule has 2 heterocycles. The zero-order valence-corrected chi connectivity index (χ0v) is 15.3. The van der Waals surface area contributed by atoms with Gasteiger partial charge in [0.25, 0.3) is 11.8 Å². The molecule has 0 spiro atoms. The second-order valence-corrected chi connectivity index (χ2v) is 6.07. The Hall–Kier alpha value is -4.08. The van der Waals surface area contributed by atoms with Crippen LogP contribution in [0.5, 0.6) is 0 Å². The van der Waals surface area contributed by atoms with E-state index >= 15 is 0 Å². The van der Waals surface area contributed by atoms with Gasteiger partial charge in [-0.15, -0.1) is 0 Å². The minimum Gasteiger partial charge on any atom is -0.459 e. The summed E-state index contributed by atoms with van der Waals surface area (Å²) < 4.78 is 4.89. The van der Waals surface area contributed by atoms with Gasteiger partial charge >= 0.3 is 0 Å². The number of hydrogen-bond donors (Lipinski definition) is 5. The number of benzene rings is 1. The number of para-hydroxylation sites is 1. The van der Waals surface area contributed by atoms with Gasteiger partial charge in [0.2, 0.25) is 11.8 Å². The standard InChI is InChI=1S/C19H19N5O5/c25-16(8-12-9-20-14-5-2-1-4-13(12)14)23-24-18(27)11-21-17(26)10-22-19(28)15-6-3-7-29-15/h1-7,9,20H,8,10-11H2,(H,21,26)(H,22,28)(H,23,25)(H,24,27). The summed E-state index contributed by atoms with van der Waals surface area (Å²) in [7, 11) is 0. The number of hydrazine groups is 1. The zero-order valence-electron chi connectivity index (χ0n) is 15.3. The highest BCUT2D eigenvalue weighted by Gasteiger charge is 2.12. The first kappa shape index (κ1) is 19.7. The van der Waals surface area contributed by atoms with Gasteiger partial charge in [0, 0.05) is 17.1 Å². The molecule has 5 N–H and O–H groups in total. The van der Waals surface area contributed by atoms with Crippen LogP contribution in [0.4, 0.5) is 0 Å². The largest absolute Gasteiger partial charge is 0.459 e. The molecular formula is C19H19N5O5. The monoisotopic (exact) mass is 397 g/mol. The van der Waals surface area contributed by atoms with Crippen molar-refractivity contribution in [1.82, 2.24) is 26.5 Å². The Morgan fingerprint density at radius 2 is 1.62 bits per heavy atom. The van der Waals surface area contributed by atoms with E-state index in [9.17, 15) is 19.2 Å². The smallest absolute Gasteiger partial charge is 0.287 e. The number of furan rings is 1. The number of rotatable bonds is 7. The summed E-state index contributed by atoms with van der Waals surface area (Å²) in [5.74, 6) is -2.04. The number of hydrogen-bond acceptors (Lipinski definition) is 5. The first-order valence-corrected chi connectivity index (χ1v) is 8.74. The zero-order chi connectivity index (χ0) is 20.6. The summed E-state index contributed by atoms with van der Waals surface area (Å²) in [4.78, 5) is 50.1. The lowest BCUT2D eigenvalue weighted by atomic mass is 10.1. The lowest BCUT2D eigenvalue weighted by Crippen LogP contribution is -2.48. The van der Waals surface area contributed by atoms with Crippen LogP contribution in [0.3, 0.4) is 0 Å². The van der Waals surface area contributed by atoms with Crippen LogP contribution in [-0.2, 0) is 20.8 Å². The van der Waals surface area contributed by atoms with Gasteiger partial charge in [0.1, 0.15) is 0 Å². The highest BCUT2D eigenvalue weighted by atomic mass is 16.3. The summed E-state index contributed by atoms with van der Waals surface area (Å²) in [5, 5.41) is 5.60. The molecule has 0 atom stereocenters. The van der Waals surface area contributed by atoms with Gasteiger partial charge in [-0.2, -0.15) is 0 Å². The van der Waals surface area contributed by atoms with Crippen LogP contribution in [0.25, 0.3) is 10.9 Å². The average Bonchev–Trinajstić information content (AvgIpc) is 3.40. The van der Waals surface area contributed by atoms with Crippen molar-refractivity contribution in [3.05, 3.63) is 60.2 Å². The maximum Gasteiger partial charge on any atom is 0.287 e. The quantitative estimate of drug-likeness (QED) is 0.356. The number of aromatic amines is 1. The van der Waals surface area contributed by atoms with E-state index in [1.54, 1.807) is 12.3 Å². The van der Waals surface area contributed by atoms with Crippen LogP contribution in [-0.4, -0.2) is 41.7 Å². The molecule has 0 aliphatic rings. The van der Waals surface area contributed by atoms with E-state index in [4.69, 9.17) is 4.42 Å². The van der Waals surface area contributed by atoms with E-state index in [1.165, 1.54) is 12.3 Å². The molecule has 0 saturated heterocycles. The molecular weight excluding hydrogens is 378 g/mol. The van der Waals surface area contributed by atoms with Gasteiger partial charge < -0.3 is 20.0 Å². The second-order valence-electron chi connectivity index (χ2n) is 6.07. The third kappa shape index (κ3) is 5.45. The molecule has 0 bridgehead atoms. The van der Waals surface area contributed by atoms with E-state index < -0.39 is 23.6 Å². The molecule has 150 valence electrons. The second kappa shape index (κ2) is 9.22. The highest BCUT2D eigenvalue weighted by Crippen LogP contribution is 2.17. The molecule has 10 heteroatoms. The molecule has 0 fully saturated rings. The summed E-state index contributed by atoms with van der Waals surface area (Å²) in [6.07, 6.45) is 3.16. The van der Waals surface area contributed by atoms with Crippen LogP contribution in [0.1, 0.15) is 16.1 Å². The van der Waals surface area contributed by atoms with Gasteiger partial charge in [-0.3, -0.25) is 30.0 Å². The maximum atomic E-state index is 12.0. The maximum absolute atomic E-state index is 12.0. The topological polar surface area (TPSA) is 145 Å². The number of nitrogens with one attached hydrogen (secondary N) is 5. The highest BCUT2D eigenvalue weighted by molar-refractivity contribution is 5.95. The minimum absolute atomic E-state index is 0.0773. The first-order chi connectivity index (χ1) is 14.0. The van der Waals surface area contributed by atoms with Gasteiger partial charge in [-0.25, -0.2) is 0 Å². The summed E-state index contributed by atoms with van der Waals surface area (Å²) >= 11 is 0. The van der Waals surface area contributed by atoms with Crippen LogP contribution in [0.2, 0.25) is 0 Å². The molecule has 3 aromatic rings. The van der Waals surface area contributed by atoms with Crippen LogP contribution < -0.4 is 21.5 Å². The fourth-order valence-electron chi connectivity index (χ4n) is 2.58. The molecule has 10 nitrogen and oxygen atoms in total. The molecule has 29 heavy (non-hydrogen) atoms. The predicted octanol–water partition coefficient (Wildman–Crippen LogP) is -0.00300. The van der Waals surface area contributed by atoms with Gasteiger partial charge in [0.15, 0.2) is 5.76 Å². The summed E-state index contributed by atoms with van der Waals surface area (Å²) in [5.41, 5.74) is 6.23. The summed E-state index contributed by atoms with van der Waals surface area (Å²) in [6, 6.07) is 10.6. The molecule has 0 aliphatic heterocycles. The Bertz CT molecular complexity index is 1020. The number of H-pyrrole nitrogens is 1. The van der Waals surface area contributed by atoms with E-state index in [0.29, 0.717) is 0 Å². The Kier molecular flexibility index (Phi) is 6.25. The lowest BCUT2D eigenvalue weighted by Gasteiger charge is -2.08. The molecule has 0 radical (unpaired) electrons. The van der Waals surface area contributed by atoms with Crippen molar-refractivity contribution >= 4 is 34.5 Å². The Balaban J connectivity index is 1.34. The Morgan fingerprint density at radius 1 is 0.862 bits per heavy atom. The van der Waals surface area contributed by atoms with E-state index in [-0.39, 0.29) is 25.3 Å². The molecule has 3 rings (SSSR count). The summed E-state index contributed by atoms with van der Waals surface area (Å²) in [6.45, 7) is -0.678. The molecule has 0 aliphatic carbocycles. The van der Waals surface area contributed by atoms with E-state index in [0.717, 1.165) is 16.5 Å². The van der Waals surface area contributed by atoms with Crippen molar-refractivity contribution in [2.45, 2.75) is 6.42 Å².